The minimum Gasteiger partial charge on any atom is -0.313 e. The van der Waals surface area contributed by atoms with Crippen molar-refractivity contribution in [1.29, 1.82) is 0 Å². The molecule has 0 aromatic carbocycles. The monoisotopic (exact) mass is 326 g/mol. The van der Waals surface area contributed by atoms with Gasteiger partial charge in [0, 0.05) is 12.4 Å². The highest BCUT2D eigenvalue weighted by Crippen LogP contribution is 2.60. The fraction of sp³-hybridized carbons (Fsp3) is 0.353. The lowest BCUT2D eigenvalue weighted by Crippen LogP contribution is -2.23. The van der Waals surface area contributed by atoms with Crippen molar-refractivity contribution in [3.05, 3.63) is 56.7 Å². The third-order valence-corrected chi connectivity index (χ3v) is 5.16. The summed E-state index contributed by atoms with van der Waals surface area (Å²) in [4.78, 5) is 27.9. The van der Waals surface area contributed by atoms with E-state index in [1.54, 1.807) is 12.3 Å². The number of halogens is 1. The maximum atomic E-state index is 14.2. The molecule has 2 aliphatic carbocycles. The standard InChI is InChI=1S/C17H15FN4O2/c18-13-3-4-22-15(13)11(10-5-9(10)8-1-2-8)6-14(21-22)12-7-19-17(24)20-16(12)23/h3-4,6-10H,1-2,5H2,(H2,19,20,23,24)/t9-,10+/m1/s1. The average molecular weight is 326 g/mol. The zero-order chi connectivity index (χ0) is 16.4. The van der Waals surface area contributed by atoms with Gasteiger partial charge in [0.15, 0.2) is 5.82 Å². The Labute approximate surface area is 135 Å². The topological polar surface area (TPSA) is 83.0 Å². The Hall–Kier alpha value is -2.70. The molecule has 2 N–H and O–H groups in total. The number of nitrogens with one attached hydrogen (secondary N) is 2. The van der Waals surface area contributed by atoms with Crippen LogP contribution in [0, 0.1) is 17.7 Å². The number of nitrogens with zero attached hydrogens (tertiary/aromatic N) is 2. The van der Waals surface area contributed by atoms with E-state index in [0.29, 0.717) is 23.0 Å². The van der Waals surface area contributed by atoms with E-state index < -0.39 is 11.2 Å². The zero-order valence-electron chi connectivity index (χ0n) is 12.8. The molecular weight excluding hydrogens is 311 g/mol. The number of rotatable bonds is 3. The van der Waals surface area contributed by atoms with Gasteiger partial charge in [-0.2, -0.15) is 5.10 Å². The first-order valence-electron chi connectivity index (χ1n) is 8.12. The number of fused-ring (bicyclic) bond motifs is 1. The van der Waals surface area contributed by atoms with Crippen molar-refractivity contribution in [2.45, 2.75) is 25.2 Å². The minimum atomic E-state index is -0.562. The van der Waals surface area contributed by atoms with Crippen molar-refractivity contribution in [2.24, 2.45) is 11.8 Å². The van der Waals surface area contributed by atoms with E-state index in [1.165, 1.54) is 29.6 Å². The summed E-state index contributed by atoms with van der Waals surface area (Å²) < 4.78 is 15.7. The fourth-order valence-electron chi connectivity index (χ4n) is 3.74. The molecule has 0 saturated heterocycles. The second kappa shape index (κ2) is 4.66. The highest BCUT2D eigenvalue weighted by molar-refractivity contribution is 5.66. The largest absolute Gasteiger partial charge is 0.325 e. The molecule has 3 aromatic rings. The summed E-state index contributed by atoms with van der Waals surface area (Å²) in [7, 11) is 0. The smallest absolute Gasteiger partial charge is 0.313 e. The maximum Gasteiger partial charge on any atom is 0.325 e. The highest BCUT2D eigenvalue weighted by atomic mass is 19.1. The van der Waals surface area contributed by atoms with Crippen LogP contribution in [0.5, 0.6) is 0 Å². The molecule has 122 valence electrons. The van der Waals surface area contributed by atoms with Gasteiger partial charge in [0.25, 0.3) is 5.56 Å². The lowest BCUT2D eigenvalue weighted by atomic mass is 10.0. The van der Waals surface area contributed by atoms with Gasteiger partial charge in [-0.05, 0) is 54.7 Å². The van der Waals surface area contributed by atoms with Crippen LogP contribution in [0.3, 0.4) is 0 Å². The van der Waals surface area contributed by atoms with E-state index in [1.807, 2.05) is 0 Å². The van der Waals surface area contributed by atoms with Gasteiger partial charge in [0.2, 0.25) is 0 Å². The van der Waals surface area contributed by atoms with Gasteiger partial charge in [-0.1, -0.05) is 0 Å². The van der Waals surface area contributed by atoms with Gasteiger partial charge in [0.1, 0.15) is 5.52 Å². The van der Waals surface area contributed by atoms with Crippen molar-refractivity contribution >= 4 is 5.52 Å². The lowest BCUT2D eigenvalue weighted by molar-refractivity contribution is 0.635. The molecular formula is C17H15FN4O2. The first-order valence-corrected chi connectivity index (χ1v) is 8.12. The van der Waals surface area contributed by atoms with Crippen LogP contribution in [-0.4, -0.2) is 19.6 Å². The molecule has 0 bridgehead atoms. The molecule has 7 heteroatoms. The highest BCUT2D eigenvalue weighted by Gasteiger charge is 2.49. The van der Waals surface area contributed by atoms with Crippen LogP contribution in [-0.2, 0) is 0 Å². The van der Waals surface area contributed by atoms with Crippen molar-refractivity contribution < 1.29 is 4.39 Å². The summed E-state index contributed by atoms with van der Waals surface area (Å²) in [6.45, 7) is 0. The Morgan fingerprint density at radius 2 is 2.12 bits per heavy atom. The molecule has 2 aliphatic rings. The second-order valence-corrected chi connectivity index (χ2v) is 6.77. The first kappa shape index (κ1) is 13.7. The van der Waals surface area contributed by atoms with Gasteiger partial charge in [0.05, 0.1) is 11.3 Å². The third-order valence-electron chi connectivity index (χ3n) is 5.16. The van der Waals surface area contributed by atoms with E-state index in [9.17, 15) is 14.0 Å². The Bertz CT molecular complexity index is 1080. The van der Waals surface area contributed by atoms with E-state index >= 15 is 0 Å². The SMILES string of the molecule is O=c1[nH]cc(-c2cc([C@H]3C[C@@H]3C3CC3)c3c(F)ccn3n2)c(=O)[nH]1. The molecule has 3 heterocycles. The van der Waals surface area contributed by atoms with Crippen molar-refractivity contribution in [3.8, 4) is 11.3 Å². The molecule has 0 aliphatic heterocycles. The van der Waals surface area contributed by atoms with Crippen LogP contribution in [0.15, 0.2) is 34.1 Å². The van der Waals surface area contributed by atoms with Gasteiger partial charge in [-0.3, -0.25) is 9.78 Å². The van der Waals surface area contributed by atoms with Crippen LogP contribution in [0.2, 0.25) is 0 Å². The summed E-state index contributed by atoms with van der Waals surface area (Å²) in [5.41, 5.74) is 1.05. The van der Waals surface area contributed by atoms with Crippen LogP contribution in [0.1, 0.15) is 30.7 Å². The van der Waals surface area contributed by atoms with Crippen molar-refractivity contribution in [1.82, 2.24) is 19.6 Å². The Kier molecular flexibility index (Phi) is 2.66. The molecule has 6 nitrogen and oxygen atoms in total. The number of aromatic nitrogens is 4. The van der Waals surface area contributed by atoms with Gasteiger partial charge in [-0.15, -0.1) is 0 Å². The predicted octanol–water partition coefficient (Wildman–Crippen LogP) is 2.03. The molecule has 0 spiro atoms. The zero-order valence-corrected chi connectivity index (χ0v) is 12.8. The summed E-state index contributed by atoms with van der Waals surface area (Å²) in [5.74, 6) is 1.42. The molecule has 0 unspecified atom stereocenters. The summed E-state index contributed by atoms with van der Waals surface area (Å²) in [5, 5.41) is 4.35. The second-order valence-electron chi connectivity index (χ2n) is 6.77. The van der Waals surface area contributed by atoms with Gasteiger partial charge >= 0.3 is 5.69 Å². The normalized spacial score (nSPS) is 22.9. The quantitative estimate of drug-likeness (QED) is 0.772. The Morgan fingerprint density at radius 1 is 1.29 bits per heavy atom. The van der Waals surface area contributed by atoms with Gasteiger partial charge in [-0.25, -0.2) is 13.7 Å². The van der Waals surface area contributed by atoms with E-state index in [4.69, 9.17) is 0 Å². The lowest BCUT2D eigenvalue weighted by Gasteiger charge is -2.08. The number of hydrogen-bond donors (Lipinski definition) is 2. The molecule has 3 aromatic heterocycles. The van der Waals surface area contributed by atoms with Crippen molar-refractivity contribution in [2.75, 3.05) is 0 Å². The third kappa shape index (κ3) is 2.04. The number of H-pyrrole nitrogens is 2. The fourth-order valence-corrected chi connectivity index (χ4v) is 3.74. The number of aromatic amines is 2. The Balaban J connectivity index is 1.70. The molecule has 2 fully saturated rings. The molecule has 5 rings (SSSR count). The van der Waals surface area contributed by atoms with Gasteiger partial charge < -0.3 is 4.98 Å². The summed E-state index contributed by atoms with van der Waals surface area (Å²) in [6, 6.07) is 3.19. The van der Waals surface area contributed by atoms with Crippen molar-refractivity contribution in [3.63, 3.8) is 0 Å². The maximum absolute atomic E-state index is 14.2. The van der Waals surface area contributed by atoms with Crippen LogP contribution in [0.4, 0.5) is 4.39 Å². The summed E-state index contributed by atoms with van der Waals surface area (Å²) >= 11 is 0. The minimum absolute atomic E-state index is 0.274. The van der Waals surface area contributed by atoms with Crippen LogP contribution in [0.25, 0.3) is 16.8 Å². The van der Waals surface area contributed by atoms with Crippen LogP contribution < -0.4 is 11.2 Å². The molecule has 2 saturated carbocycles. The summed E-state index contributed by atoms with van der Waals surface area (Å²) in [6.07, 6.45) is 6.50. The van der Waals surface area contributed by atoms with E-state index in [2.05, 4.69) is 15.1 Å². The average Bonchev–Trinajstić information content (AvgIpc) is 3.43. The molecule has 2 atom stereocenters. The van der Waals surface area contributed by atoms with Crippen LogP contribution >= 0.6 is 0 Å². The molecule has 0 amide bonds. The predicted molar refractivity (Wildman–Crippen MR) is 85.4 cm³/mol. The first-order chi connectivity index (χ1) is 11.6. The molecule has 24 heavy (non-hydrogen) atoms. The van der Waals surface area contributed by atoms with E-state index in [0.717, 1.165) is 17.9 Å². The molecule has 0 radical (unpaired) electrons. The Morgan fingerprint density at radius 3 is 2.88 bits per heavy atom. The van der Waals surface area contributed by atoms with E-state index in [-0.39, 0.29) is 11.4 Å². The number of hydrogen-bond acceptors (Lipinski definition) is 3.